The van der Waals surface area contributed by atoms with Crippen LogP contribution in [0.15, 0.2) is 41.3 Å². The molecule has 0 aliphatic carbocycles. The molecule has 0 atom stereocenters. The van der Waals surface area contributed by atoms with Crippen molar-refractivity contribution in [2.75, 3.05) is 5.32 Å². The third-order valence-corrected chi connectivity index (χ3v) is 4.55. The Morgan fingerprint density at radius 2 is 1.90 bits per heavy atom. The lowest BCUT2D eigenvalue weighted by molar-refractivity contribution is 0.469. The second-order valence-corrected chi connectivity index (χ2v) is 6.50. The van der Waals surface area contributed by atoms with E-state index in [1.54, 1.807) is 31.2 Å². The number of hydrogen-bond acceptors (Lipinski definition) is 4. The Bertz CT molecular complexity index is 756. The molecule has 2 aromatic rings. The first-order valence-corrected chi connectivity index (χ1v) is 8.06. The van der Waals surface area contributed by atoms with E-state index in [2.05, 4.69) is 5.32 Å². The summed E-state index contributed by atoms with van der Waals surface area (Å²) in [7, 11) is -3.77. The standard InChI is InChI=1S/C14H15ClN2O3S/c1-9-12(5-3-7-14(9)21(16,19)20)17-8-10-11(15)4-2-6-13(10)18/h2-7,17-18H,8H2,1H3,(H2,16,19,20). The number of nitrogens with two attached hydrogens (primary N) is 1. The van der Waals surface area contributed by atoms with Gasteiger partial charge in [0.2, 0.25) is 10.0 Å². The molecule has 7 heteroatoms. The van der Waals surface area contributed by atoms with Gasteiger partial charge in [-0.25, -0.2) is 13.6 Å². The largest absolute Gasteiger partial charge is 0.508 e. The van der Waals surface area contributed by atoms with Crippen LogP contribution in [0.1, 0.15) is 11.1 Å². The Balaban J connectivity index is 2.30. The van der Waals surface area contributed by atoms with E-state index in [9.17, 15) is 13.5 Å². The van der Waals surface area contributed by atoms with Crippen molar-refractivity contribution in [1.82, 2.24) is 0 Å². The Labute approximate surface area is 128 Å². The van der Waals surface area contributed by atoms with Crippen LogP contribution in [0.4, 0.5) is 5.69 Å². The Hall–Kier alpha value is -1.76. The molecule has 112 valence electrons. The highest BCUT2D eigenvalue weighted by molar-refractivity contribution is 7.89. The molecule has 0 heterocycles. The first kappa shape index (κ1) is 15.6. The van der Waals surface area contributed by atoms with Crippen molar-refractivity contribution < 1.29 is 13.5 Å². The van der Waals surface area contributed by atoms with Gasteiger partial charge in [0, 0.05) is 22.8 Å². The summed E-state index contributed by atoms with van der Waals surface area (Å²) in [5.41, 5.74) is 1.67. The normalized spacial score (nSPS) is 11.4. The Morgan fingerprint density at radius 1 is 1.24 bits per heavy atom. The first-order valence-electron chi connectivity index (χ1n) is 6.13. The molecule has 2 aromatic carbocycles. The van der Waals surface area contributed by atoms with Gasteiger partial charge in [0.15, 0.2) is 0 Å². The van der Waals surface area contributed by atoms with Crippen LogP contribution in [-0.2, 0) is 16.6 Å². The van der Waals surface area contributed by atoms with Crippen LogP contribution in [0.2, 0.25) is 5.02 Å². The SMILES string of the molecule is Cc1c(NCc2c(O)cccc2Cl)cccc1S(N)(=O)=O. The van der Waals surface area contributed by atoms with Crippen molar-refractivity contribution in [2.45, 2.75) is 18.4 Å². The molecule has 0 amide bonds. The van der Waals surface area contributed by atoms with Crippen LogP contribution < -0.4 is 10.5 Å². The molecule has 4 N–H and O–H groups in total. The first-order chi connectivity index (χ1) is 9.80. The van der Waals surface area contributed by atoms with Crippen molar-refractivity contribution in [3.8, 4) is 5.75 Å². The van der Waals surface area contributed by atoms with Gasteiger partial charge in [-0.2, -0.15) is 0 Å². The predicted octanol–water partition coefficient (Wildman–Crippen LogP) is 2.61. The zero-order valence-electron chi connectivity index (χ0n) is 11.3. The maximum absolute atomic E-state index is 11.5. The number of phenolic OH excluding ortho intramolecular Hbond substituents is 1. The zero-order valence-corrected chi connectivity index (χ0v) is 12.9. The van der Waals surface area contributed by atoms with Gasteiger partial charge in [-0.1, -0.05) is 23.7 Å². The van der Waals surface area contributed by atoms with Gasteiger partial charge in [-0.15, -0.1) is 0 Å². The summed E-state index contributed by atoms with van der Waals surface area (Å²) in [6.07, 6.45) is 0. The smallest absolute Gasteiger partial charge is 0.238 e. The molecule has 0 spiro atoms. The van der Waals surface area contributed by atoms with Gasteiger partial charge < -0.3 is 10.4 Å². The summed E-state index contributed by atoms with van der Waals surface area (Å²) >= 11 is 6.02. The molecule has 0 aromatic heterocycles. The summed E-state index contributed by atoms with van der Waals surface area (Å²) in [5, 5.41) is 18.4. The predicted molar refractivity (Wildman–Crippen MR) is 83.0 cm³/mol. The van der Waals surface area contributed by atoms with Gasteiger partial charge in [0.25, 0.3) is 0 Å². The second-order valence-electron chi connectivity index (χ2n) is 4.56. The molecule has 0 aliphatic heterocycles. The van der Waals surface area contributed by atoms with E-state index in [1.165, 1.54) is 12.1 Å². The van der Waals surface area contributed by atoms with Crippen LogP contribution in [0.25, 0.3) is 0 Å². The lowest BCUT2D eigenvalue weighted by Crippen LogP contribution is -2.14. The average molecular weight is 327 g/mol. The van der Waals surface area contributed by atoms with E-state index in [-0.39, 0.29) is 17.2 Å². The number of aromatic hydroxyl groups is 1. The molecule has 0 saturated carbocycles. The molecule has 21 heavy (non-hydrogen) atoms. The number of rotatable bonds is 4. The van der Waals surface area contributed by atoms with Crippen LogP contribution in [0, 0.1) is 6.92 Å². The number of benzene rings is 2. The summed E-state index contributed by atoms with van der Waals surface area (Å²) in [4.78, 5) is 0.0656. The molecule has 5 nitrogen and oxygen atoms in total. The molecule has 0 fully saturated rings. The average Bonchev–Trinajstić information content (AvgIpc) is 2.38. The minimum atomic E-state index is -3.77. The summed E-state index contributed by atoms with van der Waals surface area (Å²) in [5.74, 6) is 0.0789. The van der Waals surface area contributed by atoms with E-state index in [1.807, 2.05) is 0 Å². The fourth-order valence-corrected chi connectivity index (χ4v) is 3.06. The summed E-state index contributed by atoms with van der Waals surface area (Å²) in [6.45, 7) is 1.93. The molecule has 2 rings (SSSR count). The number of hydrogen-bond donors (Lipinski definition) is 3. The van der Waals surface area contributed by atoms with Crippen LogP contribution in [0.5, 0.6) is 5.75 Å². The third kappa shape index (κ3) is 3.47. The van der Waals surface area contributed by atoms with Gasteiger partial charge in [0.05, 0.1) is 4.90 Å². The quantitative estimate of drug-likeness (QED) is 0.805. The third-order valence-electron chi connectivity index (χ3n) is 3.14. The highest BCUT2D eigenvalue weighted by Gasteiger charge is 2.14. The molecule has 0 saturated heterocycles. The maximum Gasteiger partial charge on any atom is 0.238 e. The van der Waals surface area contributed by atoms with Crippen LogP contribution in [-0.4, -0.2) is 13.5 Å². The van der Waals surface area contributed by atoms with E-state index in [0.29, 0.717) is 21.8 Å². The maximum atomic E-state index is 11.5. The van der Waals surface area contributed by atoms with E-state index < -0.39 is 10.0 Å². The molecule has 0 unspecified atom stereocenters. The summed E-state index contributed by atoms with van der Waals surface area (Å²) < 4.78 is 23.0. The minimum absolute atomic E-state index is 0.0656. The Morgan fingerprint density at radius 3 is 2.52 bits per heavy atom. The molecule has 0 bridgehead atoms. The fraction of sp³-hybridized carbons (Fsp3) is 0.143. The monoisotopic (exact) mass is 326 g/mol. The molecular weight excluding hydrogens is 312 g/mol. The highest BCUT2D eigenvalue weighted by Crippen LogP contribution is 2.28. The highest BCUT2D eigenvalue weighted by atomic mass is 35.5. The number of halogens is 1. The number of sulfonamides is 1. The van der Waals surface area contributed by atoms with E-state index in [0.717, 1.165) is 0 Å². The van der Waals surface area contributed by atoms with Crippen molar-refractivity contribution >= 4 is 27.3 Å². The Kier molecular flexibility index (Phi) is 4.41. The van der Waals surface area contributed by atoms with Crippen LogP contribution >= 0.6 is 11.6 Å². The molecular formula is C14H15ClN2O3S. The second kappa shape index (κ2) is 5.93. The van der Waals surface area contributed by atoms with Crippen molar-refractivity contribution in [3.05, 3.63) is 52.5 Å². The topological polar surface area (TPSA) is 92.4 Å². The molecule has 0 radical (unpaired) electrons. The lowest BCUT2D eigenvalue weighted by atomic mass is 10.1. The van der Waals surface area contributed by atoms with Gasteiger partial charge in [-0.3, -0.25) is 0 Å². The van der Waals surface area contributed by atoms with E-state index >= 15 is 0 Å². The van der Waals surface area contributed by atoms with Crippen molar-refractivity contribution in [2.24, 2.45) is 5.14 Å². The zero-order chi connectivity index (χ0) is 15.6. The minimum Gasteiger partial charge on any atom is -0.508 e. The lowest BCUT2D eigenvalue weighted by Gasteiger charge is -2.13. The fourth-order valence-electron chi connectivity index (χ4n) is 2.02. The molecule has 0 aliphatic rings. The summed E-state index contributed by atoms with van der Waals surface area (Å²) in [6, 6.07) is 9.64. The number of anilines is 1. The van der Waals surface area contributed by atoms with Crippen LogP contribution in [0.3, 0.4) is 0 Å². The van der Waals surface area contributed by atoms with Gasteiger partial charge >= 0.3 is 0 Å². The van der Waals surface area contributed by atoms with Gasteiger partial charge in [-0.05, 0) is 36.8 Å². The van der Waals surface area contributed by atoms with Crippen molar-refractivity contribution in [3.63, 3.8) is 0 Å². The van der Waals surface area contributed by atoms with Gasteiger partial charge in [0.1, 0.15) is 5.75 Å². The number of nitrogens with one attached hydrogen (secondary N) is 1. The van der Waals surface area contributed by atoms with E-state index in [4.69, 9.17) is 16.7 Å². The number of primary sulfonamides is 1. The number of phenols is 1. The van der Waals surface area contributed by atoms with Crippen molar-refractivity contribution in [1.29, 1.82) is 0 Å².